The number of aromatic nitrogens is 2. The van der Waals surface area contributed by atoms with Crippen molar-refractivity contribution in [1.82, 2.24) is 20.2 Å². The van der Waals surface area contributed by atoms with Crippen molar-refractivity contribution < 1.29 is 28.6 Å². The Kier molecular flexibility index (Phi) is 9.39. The molecule has 16 nitrogen and oxygen atoms in total. The monoisotopic (exact) mass is 644 g/mol. The zero-order chi connectivity index (χ0) is 33.8. The number of anilines is 2. The molecule has 246 valence electrons. The van der Waals surface area contributed by atoms with Gasteiger partial charge in [-0.15, -0.1) is 0 Å². The fraction of sp³-hybridized carbons (Fsp3) is 0.323. The number of primary amides is 1. The number of carbonyl (C=O) groups excluding carboxylic acids is 3. The summed E-state index contributed by atoms with van der Waals surface area (Å²) >= 11 is 0. The van der Waals surface area contributed by atoms with Gasteiger partial charge in [0.1, 0.15) is 23.2 Å². The molecule has 2 aromatic carbocycles. The number of ether oxygens (including phenoxy) is 3. The van der Waals surface area contributed by atoms with E-state index in [0.717, 1.165) is 11.3 Å². The smallest absolute Gasteiger partial charge is 0.328 e. The molecule has 5 rings (SSSR count). The van der Waals surface area contributed by atoms with Crippen LogP contribution >= 0.6 is 0 Å². The SMILES string of the molecule is CCN(CC)C(=O)c1ccc(C(=N)N)cc1Oc1nc(Oc2cc(C3=NCCN3)cc(N(C)C)c2)c2c(n1)OC(CC(N)=O)C(=O)N2. The predicted octanol–water partition coefficient (Wildman–Crippen LogP) is 1.82. The van der Waals surface area contributed by atoms with Crippen molar-refractivity contribution >= 4 is 40.8 Å². The lowest BCUT2D eigenvalue weighted by molar-refractivity contribution is -0.129. The second-order valence-corrected chi connectivity index (χ2v) is 10.8. The number of carbonyl (C=O) groups is 3. The molecule has 1 aromatic heterocycles. The first-order valence-electron chi connectivity index (χ1n) is 14.9. The Hall–Kier alpha value is -5.93. The van der Waals surface area contributed by atoms with Gasteiger partial charge in [-0.3, -0.25) is 24.8 Å². The lowest BCUT2D eigenvalue weighted by atomic mass is 10.1. The zero-order valence-electron chi connectivity index (χ0n) is 26.4. The minimum absolute atomic E-state index is 0.00636. The third-order valence-corrected chi connectivity index (χ3v) is 7.35. The van der Waals surface area contributed by atoms with Crippen LogP contribution in [-0.2, 0) is 9.59 Å². The number of hydrogen-bond donors (Lipinski definition) is 5. The van der Waals surface area contributed by atoms with Crippen molar-refractivity contribution in [3.8, 4) is 29.3 Å². The summed E-state index contributed by atoms with van der Waals surface area (Å²) in [5.41, 5.74) is 13.1. The molecule has 0 bridgehead atoms. The van der Waals surface area contributed by atoms with Gasteiger partial charge in [0.15, 0.2) is 11.8 Å². The molecule has 3 aromatic rings. The molecule has 7 N–H and O–H groups in total. The molecule has 3 heterocycles. The van der Waals surface area contributed by atoms with E-state index in [4.69, 9.17) is 31.1 Å². The first-order valence-corrected chi connectivity index (χ1v) is 14.9. The summed E-state index contributed by atoms with van der Waals surface area (Å²) < 4.78 is 18.2. The molecule has 3 amide bonds. The van der Waals surface area contributed by atoms with Crippen molar-refractivity contribution in [3.05, 3.63) is 53.1 Å². The number of nitrogen functional groups attached to an aromatic ring is 1. The maximum absolute atomic E-state index is 13.4. The number of nitrogens with two attached hydrogens (primary N) is 2. The fourth-order valence-electron chi connectivity index (χ4n) is 4.89. The Morgan fingerprint density at radius 3 is 2.49 bits per heavy atom. The van der Waals surface area contributed by atoms with Crippen molar-refractivity contribution in [2.24, 2.45) is 16.5 Å². The molecule has 0 aliphatic carbocycles. The van der Waals surface area contributed by atoms with Gasteiger partial charge in [-0.25, -0.2) is 0 Å². The number of nitrogens with one attached hydrogen (secondary N) is 3. The number of benzene rings is 2. The van der Waals surface area contributed by atoms with Crippen LogP contribution < -0.4 is 41.2 Å². The third-order valence-electron chi connectivity index (χ3n) is 7.35. The molecule has 1 unspecified atom stereocenters. The van der Waals surface area contributed by atoms with Gasteiger partial charge in [-0.05, 0) is 38.1 Å². The van der Waals surface area contributed by atoms with E-state index in [1.165, 1.54) is 12.1 Å². The van der Waals surface area contributed by atoms with Crippen molar-refractivity contribution in [2.75, 3.05) is 50.5 Å². The zero-order valence-corrected chi connectivity index (χ0v) is 26.4. The van der Waals surface area contributed by atoms with E-state index in [1.54, 1.807) is 23.1 Å². The van der Waals surface area contributed by atoms with Crippen LogP contribution in [0, 0.1) is 5.41 Å². The summed E-state index contributed by atoms with van der Waals surface area (Å²) in [5, 5.41) is 13.8. The van der Waals surface area contributed by atoms with E-state index < -0.39 is 24.3 Å². The summed E-state index contributed by atoms with van der Waals surface area (Å²) in [6, 6.07) is 9.65. The Morgan fingerprint density at radius 1 is 1.09 bits per heavy atom. The Bertz CT molecular complexity index is 1770. The van der Waals surface area contributed by atoms with E-state index in [9.17, 15) is 14.4 Å². The Balaban J connectivity index is 1.61. The Morgan fingerprint density at radius 2 is 1.85 bits per heavy atom. The van der Waals surface area contributed by atoms with E-state index in [-0.39, 0.29) is 46.5 Å². The molecular formula is C31H36N10O6. The summed E-state index contributed by atoms with van der Waals surface area (Å²) in [5.74, 6) is -1.19. The minimum atomic E-state index is -1.27. The molecule has 0 spiro atoms. The number of rotatable bonds is 12. The van der Waals surface area contributed by atoms with Crippen LogP contribution in [0.15, 0.2) is 41.4 Å². The van der Waals surface area contributed by atoms with Gasteiger partial charge < -0.3 is 46.1 Å². The van der Waals surface area contributed by atoms with E-state index in [0.29, 0.717) is 43.3 Å². The van der Waals surface area contributed by atoms with E-state index in [1.807, 2.05) is 38.9 Å². The second kappa shape index (κ2) is 13.6. The number of fused-ring (bicyclic) bond motifs is 1. The second-order valence-electron chi connectivity index (χ2n) is 10.8. The number of amidine groups is 2. The largest absolute Gasteiger partial charge is 0.462 e. The maximum atomic E-state index is 13.4. The number of hydrogen-bond acceptors (Lipinski definition) is 12. The molecule has 2 aliphatic heterocycles. The molecular weight excluding hydrogens is 608 g/mol. The highest BCUT2D eigenvalue weighted by molar-refractivity contribution is 6.02. The molecule has 0 saturated heterocycles. The van der Waals surface area contributed by atoms with Gasteiger partial charge >= 0.3 is 6.01 Å². The van der Waals surface area contributed by atoms with E-state index in [2.05, 4.69) is 25.6 Å². The third kappa shape index (κ3) is 7.16. The van der Waals surface area contributed by atoms with Crippen molar-refractivity contribution in [2.45, 2.75) is 26.4 Å². The van der Waals surface area contributed by atoms with Gasteiger partial charge in [0.05, 0.1) is 18.5 Å². The van der Waals surface area contributed by atoms with Crippen LogP contribution in [-0.4, -0.2) is 90.6 Å². The molecule has 16 heteroatoms. The van der Waals surface area contributed by atoms with Gasteiger partial charge in [0.2, 0.25) is 11.8 Å². The molecule has 0 saturated carbocycles. The van der Waals surface area contributed by atoms with E-state index >= 15 is 0 Å². The highest BCUT2D eigenvalue weighted by Crippen LogP contribution is 2.41. The van der Waals surface area contributed by atoms with Crippen LogP contribution in [0.1, 0.15) is 41.8 Å². The lowest BCUT2D eigenvalue weighted by Crippen LogP contribution is -2.40. The standard InChI is InChI=1S/C31H36N10O6/c1-5-41(6-2)30(44)20-8-7-16(25(33)34)13-21(20)47-31-38-28(24-29(39-31)46-22(15-23(32)42)27(43)37-24)45-19-12-17(26-35-9-10-36-26)11-18(14-19)40(3)4/h7-8,11-14,22H,5-6,9-10,15H2,1-4H3,(H2,32,42)(H3,33,34)(H,35,36)(H,37,43). The molecule has 1 atom stereocenters. The predicted molar refractivity (Wildman–Crippen MR) is 174 cm³/mol. The number of aliphatic imine (C=N–C) groups is 1. The normalized spacial score (nSPS) is 14.9. The topological polar surface area (TPSA) is 223 Å². The van der Waals surface area contributed by atoms with Crippen LogP contribution in [0.4, 0.5) is 11.4 Å². The maximum Gasteiger partial charge on any atom is 0.328 e. The molecule has 0 radical (unpaired) electrons. The number of nitrogens with zero attached hydrogens (tertiary/aromatic N) is 5. The average Bonchev–Trinajstić information content (AvgIpc) is 3.57. The fourth-order valence-corrected chi connectivity index (χ4v) is 4.89. The van der Waals surface area contributed by atoms with Crippen molar-refractivity contribution in [3.63, 3.8) is 0 Å². The van der Waals surface area contributed by atoms with Crippen molar-refractivity contribution in [1.29, 1.82) is 5.41 Å². The highest BCUT2D eigenvalue weighted by atomic mass is 16.5. The number of amides is 3. The summed E-state index contributed by atoms with van der Waals surface area (Å²) in [6.45, 7) is 5.93. The Labute approximate surface area is 270 Å². The minimum Gasteiger partial charge on any atom is -0.462 e. The summed E-state index contributed by atoms with van der Waals surface area (Å²) in [7, 11) is 3.76. The first-order chi connectivity index (χ1) is 22.5. The van der Waals surface area contributed by atoms with Gasteiger partial charge in [0, 0.05) is 56.6 Å². The van der Waals surface area contributed by atoms with Crippen LogP contribution in [0.5, 0.6) is 29.3 Å². The molecule has 2 aliphatic rings. The van der Waals surface area contributed by atoms with Gasteiger partial charge in [0.25, 0.3) is 17.7 Å². The first kappa shape index (κ1) is 32.5. The quantitative estimate of drug-likeness (QED) is 0.141. The van der Waals surface area contributed by atoms with Gasteiger partial charge in [-0.1, -0.05) is 6.07 Å². The van der Waals surface area contributed by atoms with Gasteiger partial charge in [-0.2, -0.15) is 9.97 Å². The van der Waals surface area contributed by atoms with Crippen LogP contribution in [0.25, 0.3) is 0 Å². The highest BCUT2D eigenvalue weighted by Gasteiger charge is 2.34. The lowest BCUT2D eigenvalue weighted by Gasteiger charge is -2.26. The average molecular weight is 645 g/mol. The summed E-state index contributed by atoms with van der Waals surface area (Å²) in [4.78, 5) is 54.8. The van der Waals surface area contributed by atoms with Crippen LogP contribution in [0.2, 0.25) is 0 Å². The summed E-state index contributed by atoms with van der Waals surface area (Å²) in [6.07, 6.45) is -1.68. The molecule has 47 heavy (non-hydrogen) atoms. The van der Waals surface area contributed by atoms with Crippen LogP contribution in [0.3, 0.4) is 0 Å². The molecule has 0 fully saturated rings.